The fourth-order valence-corrected chi connectivity index (χ4v) is 2.62. The maximum Gasteiger partial charge on any atom is 0.130 e. The summed E-state index contributed by atoms with van der Waals surface area (Å²) in [5, 5.41) is 3.34. The van der Waals surface area contributed by atoms with Crippen LogP contribution in [0.1, 0.15) is 17.4 Å². The van der Waals surface area contributed by atoms with Crippen LogP contribution >= 0.6 is 11.8 Å². The van der Waals surface area contributed by atoms with Gasteiger partial charge in [0.05, 0.1) is 6.04 Å². The zero-order valence-electron chi connectivity index (χ0n) is 10.3. The van der Waals surface area contributed by atoms with Crippen LogP contribution in [0.2, 0.25) is 0 Å². The van der Waals surface area contributed by atoms with Gasteiger partial charge in [-0.1, -0.05) is 18.2 Å². The Bertz CT molecular complexity index is 493. The Morgan fingerprint density at radius 1 is 1.35 bits per heavy atom. The van der Waals surface area contributed by atoms with E-state index < -0.39 is 0 Å². The van der Waals surface area contributed by atoms with Gasteiger partial charge in [0.1, 0.15) is 5.82 Å². The lowest BCUT2D eigenvalue weighted by molar-refractivity contribution is 0.609. The van der Waals surface area contributed by atoms with E-state index in [9.17, 15) is 0 Å². The van der Waals surface area contributed by atoms with Crippen LogP contribution < -0.4 is 5.32 Å². The third kappa shape index (κ3) is 2.37. The van der Waals surface area contributed by atoms with Crippen molar-refractivity contribution in [3.8, 4) is 0 Å². The molecule has 1 unspecified atom stereocenters. The highest BCUT2D eigenvalue weighted by Crippen LogP contribution is 2.28. The minimum absolute atomic E-state index is 0.138. The van der Waals surface area contributed by atoms with Gasteiger partial charge in [-0.05, 0) is 24.9 Å². The topological polar surface area (TPSA) is 29.9 Å². The van der Waals surface area contributed by atoms with E-state index in [2.05, 4.69) is 45.4 Å². The monoisotopic (exact) mass is 247 g/mol. The summed E-state index contributed by atoms with van der Waals surface area (Å²) in [5.41, 5.74) is 1.27. The molecule has 0 fully saturated rings. The Kier molecular flexibility index (Phi) is 3.86. The smallest absolute Gasteiger partial charge is 0.130 e. The predicted molar refractivity (Wildman–Crippen MR) is 72.3 cm³/mol. The number of nitrogens with zero attached hydrogens (tertiary/aromatic N) is 2. The van der Waals surface area contributed by atoms with Crippen LogP contribution in [0.4, 0.5) is 0 Å². The maximum absolute atomic E-state index is 4.43. The highest BCUT2D eigenvalue weighted by atomic mass is 32.2. The van der Waals surface area contributed by atoms with Gasteiger partial charge in [-0.3, -0.25) is 0 Å². The molecular formula is C13H17N3S. The standard InChI is InChI=1S/C13H17N3S/c1-14-12(13-15-8-9-16(13)2)10-6-4-5-7-11(10)17-3/h4-9,12,14H,1-3H3. The number of aryl methyl sites for hydroxylation is 1. The molecule has 0 aliphatic heterocycles. The van der Waals surface area contributed by atoms with Crippen LogP contribution in [-0.4, -0.2) is 22.9 Å². The Labute approximate surface area is 106 Å². The van der Waals surface area contributed by atoms with Gasteiger partial charge >= 0.3 is 0 Å². The Hall–Kier alpha value is -1.26. The third-order valence-electron chi connectivity index (χ3n) is 2.86. The number of imidazole rings is 1. The Morgan fingerprint density at radius 2 is 2.12 bits per heavy atom. The van der Waals surface area contributed by atoms with Crippen molar-refractivity contribution in [2.45, 2.75) is 10.9 Å². The van der Waals surface area contributed by atoms with Gasteiger partial charge in [-0.25, -0.2) is 4.98 Å². The first-order valence-electron chi connectivity index (χ1n) is 5.55. The molecule has 1 aromatic heterocycles. The average molecular weight is 247 g/mol. The largest absolute Gasteiger partial charge is 0.336 e. The van der Waals surface area contributed by atoms with Crippen molar-refractivity contribution in [2.24, 2.45) is 7.05 Å². The number of aromatic nitrogens is 2. The third-order valence-corrected chi connectivity index (χ3v) is 3.67. The van der Waals surface area contributed by atoms with Crippen LogP contribution in [-0.2, 0) is 7.05 Å². The van der Waals surface area contributed by atoms with Crippen molar-refractivity contribution in [3.63, 3.8) is 0 Å². The molecule has 0 saturated carbocycles. The molecule has 0 aliphatic rings. The molecular weight excluding hydrogens is 230 g/mol. The maximum atomic E-state index is 4.43. The van der Waals surface area contributed by atoms with E-state index in [4.69, 9.17) is 0 Å². The molecule has 17 heavy (non-hydrogen) atoms. The fourth-order valence-electron chi connectivity index (χ4n) is 1.98. The van der Waals surface area contributed by atoms with E-state index in [1.54, 1.807) is 11.8 Å². The summed E-state index contributed by atoms with van der Waals surface area (Å²) in [6.07, 6.45) is 5.91. The second kappa shape index (κ2) is 5.38. The minimum Gasteiger partial charge on any atom is -0.336 e. The molecule has 0 aliphatic carbocycles. The molecule has 2 rings (SSSR count). The molecule has 1 atom stereocenters. The highest BCUT2D eigenvalue weighted by Gasteiger charge is 2.18. The first-order valence-corrected chi connectivity index (χ1v) is 6.77. The first-order chi connectivity index (χ1) is 8.27. The van der Waals surface area contributed by atoms with Crippen LogP contribution in [0.5, 0.6) is 0 Å². The number of thioether (sulfide) groups is 1. The number of benzene rings is 1. The predicted octanol–water partition coefficient (Wildman–Crippen LogP) is 2.45. The minimum atomic E-state index is 0.138. The van der Waals surface area contributed by atoms with Crippen LogP contribution in [0.15, 0.2) is 41.6 Å². The molecule has 90 valence electrons. The molecule has 0 saturated heterocycles. The van der Waals surface area contributed by atoms with E-state index in [0.29, 0.717) is 0 Å². The van der Waals surface area contributed by atoms with Crippen LogP contribution in [0.25, 0.3) is 0 Å². The molecule has 3 nitrogen and oxygen atoms in total. The van der Waals surface area contributed by atoms with Gasteiger partial charge in [-0.2, -0.15) is 0 Å². The summed E-state index contributed by atoms with van der Waals surface area (Å²) in [4.78, 5) is 5.72. The normalized spacial score (nSPS) is 12.6. The quantitative estimate of drug-likeness (QED) is 0.842. The number of nitrogens with one attached hydrogen (secondary N) is 1. The number of hydrogen-bond acceptors (Lipinski definition) is 3. The van der Waals surface area contributed by atoms with Crippen molar-refractivity contribution in [1.82, 2.24) is 14.9 Å². The van der Waals surface area contributed by atoms with Gasteiger partial charge < -0.3 is 9.88 Å². The van der Waals surface area contributed by atoms with Crippen molar-refractivity contribution in [3.05, 3.63) is 48.0 Å². The van der Waals surface area contributed by atoms with E-state index in [0.717, 1.165) is 5.82 Å². The fraction of sp³-hybridized carbons (Fsp3) is 0.308. The van der Waals surface area contributed by atoms with Crippen molar-refractivity contribution >= 4 is 11.8 Å². The van der Waals surface area contributed by atoms with Gasteiger partial charge in [0.2, 0.25) is 0 Å². The van der Waals surface area contributed by atoms with Gasteiger partial charge in [0, 0.05) is 24.3 Å². The summed E-state index contributed by atoms with van der Waals surface area (Å²) in [7, 11) is 3.99. The molecule has 2 aromatic rings. The second-order valence-electron chi connectivity index (χ2n) is 3.86. The summed E-state index contributed by atoms with van der Waals surface area (Å²) < 4.78 is 2.05. The molecule has 4 heteroatoms. The molecule has 0 spiro atoms. The molecule has 0 amide bonds. The molecule has 1 aromatic carbocycles. The van der Waals surface area contributed by atoms with E-state index in [1.165, 1.54) is 10.5 Å². The zero-order valence-corrected chi connectivity index (χ0v) is 11.2. The molecule has 0 bridgehead atoms. The summed E-state index contributed by atoms with van der Waals surface area (Å²) in [6.45, 7) is 0. The van der Waals surface area contributed by atoms with Gasteiger partial charge in [0.15, 0.2) is 0 Å². The Morgan fingerprint density at radius 3 is 2.71 bits per heavy atom. The zero-order chi connectivity index (χ0) is 12.3. The van der Waals surface area contributed by atoms with Gasteiger partial charge in [-0.15, -0.1) is 11.8 Å². The van der Waals surface area contributed by atoms with Crippen molar-refractivity contribution in [1.29, 1.82) is 0 Å². The van der Waals surface area contributed by atoms with Gasteiger partial charge in [0.25, 0.3) is 0 Å². The van der Waals surface area contributed by atoms with Crippen LogP contribution in [0, 0.1) is 0 Å². The molecule has 0 radical (unpaired) electrons. The van der Waals surface area contributed by atoms with E-state index >= 15 is 0 Å². The first kappa shape index (κ1) is 12.2. The van der Waals surface area contributed by atoms with E-state index in [1.807, 2.05) is 26.5 Å². The van der Waals surface area contributed by atoms with Crippen LogP contribution in [0.3, 0.4) is 0 Å². The Balaban J connectivity index is 2.46. The lowest BCUT2D eigenvalue weighted by Crippen LogP contribution is -2.21. The SMILES string of the molecule is CNC(c1ccccc1SC)c1nccn1C. The lowest BCUT2D eigenvalue weighted by atomic mass is 10.1. The van der Waals surface area contributed by atoms with E-state index in [-0.39, 0.29) is 6.04 Å². The lowest BCUT2D eigenvalue weighted by Gasteiger charge is -2.19. The number of hydrogen-bond donors (Lipinski definition) is 1. The average Bonchev–Trinajstić information content (AvgIpc) is 2.78. The van der Waals surface area contributed by atoms with Crippen molar-refractivity contribution < 1.29 is 0 Å². The summed E-state index contributed by atoms with van der Waals surface area (Å²) >= 11 is 1.77. The molecule has 1 heterocycles. The molecule has 1 N–H and O–H groups in total. The second-order valence-corrected chi connectivity index (χ2v) is 4.71. The summed E-state index contributed by atoms with van der Waals surface area (Å²) in [5.74, 6) is 1.04. The van der Waals surface area contributed by atoms with Crippen molar-refractivity contribution in [2.75, 3.05) is 13.3 Å². The highest BCUT2D eigenvalue weighted by molar-refractivity contribution is 7.98. The summed E-state index contributed by atoms with van der Waals surface area (Å²) in [6, 6.07) is 8.58. The number of rotatable bonds is 4.